The van der Waals surface area contributed by atoms with Gasteiger partial charge in [-0.3, -0.25) is 4.98 Å². The van der Waals surface area contributed by atoms with Gasteiger partial charge in [0.1, 0.15) is 0 Å². The number of hydrogen-bond acceptors (Lipinski definition) is 2. The van der Waals surface area contributed by atoms with Crippen molar-refractivity contribution < 1.29 is 0 Å². The topological polar surface area (TPSA) is 12.9 Å². The molecule has 2 heterocycles. The number of rotatable bonds is 7. The van der Waals surface area contributed by atoms with E-state index in [1.165, 1.54) is 44.8 Å². The van der Waals surface area contributed by atoms with Crippen LogP contribution < -0.4 is 0 Å². The third-order valence-electron chi connectivity index (χ3n) is 5.69. The summed E-state index contributed by atoms with van der Waals surface area (Å²) in [6, 6.07) is 16.0. The quantitative estimate of drug-likeness (QED) is 0.403. The summed E-state index contributed by atoms with van der Waals surface area (Å²) < 4.78 is 1.31. The van der Waals surface area contributed by atoms with Gasteiger partial charge in [0, 0.05) is 10.6 Å². The lowest BCUT2D eigenvalue weighted by Crippen LogP contribution is -2.01. The van der Waals surface area contributed by atoms with Crippen LogP contribution in [0, 0.1) is 0 Å². The highest BCUT2D eigenvalue weighted by atomic mass is 32.1. The van der Waals surface area contributed by atoms with Gasteiger partial charge in [0.2, 0.25) is 0 Å². The molecule has 3 aromatic rings. The number of hydrogen-bond donors (Lipinski definition) is 0. The predicted molar refractivity (Wildman–Crippen MR) is 120 cm³/mol. The Kier molecular flexibility index (Phi) is 6.37. The van der Waals surface area contributed by atoms with Crippen LogP contribution >= 0.6 is 11.3 Å². The van der Waals surface area contributed by atoms with E-state index in [1.807, 2.05) is 11.3 Å². The summed E-state index contributed by atoms with van der Waals surface area (Å²) in [5, 5.41) is 0. The first-order valence-electron chi connectivity index (χ1n) is 10.4. The lowest BCUT2D eigenvalue weighted by atomic mass is 9.90. The van der Waals surface area contributed by atoms with Crippen LogP contribution in [0.3, 0.4) is 0 Å². The van der Waals surface area contributed by atoms with E-state index in [1.54, 1.807) is 0 Å². The van der Waals surface area contributed by atoms with Gasteiger partial charge in [-0.1, -0.05) is 65.8 Å². The number of benzene rings is 1. The van der Waals surface area contributed by atoms with Crippen molar-refractivity contribution in [1.82, 2.24) is 4.98 Å². The average Bonchev–Trinajstić information content (AvgIpc) is 3.09. The summed E-state index contributed by atoms with van der Waals surface area (Å²) >= 11 is 1.88. The van der Waals surface area contributed by atoms with Crippen LogP contribution in [-0.4, -0.2) is 4.98 Å². The Labute approximate surface area is 168 Å². The second-order valence-electron chi connectivity index (χ2n) is 8.62. The van der Waals surface area contributed by atoms with E-state index in [9.17, 15) is 0 Å². The Morgan fingerprint density at radius 3 is 2.00 bits per heavy atom. The summed E-state index contributed by atoms with van der Waals surface area (Å²) in [6.45, 7) is 13.7. The highest BCUT2D eigenvalue weighted by molar-refractivity contribution is 7.19. The van der Waals surface area contributed by atoms with E-state index in [0.717, 1.165) is 0 Å². The molecule has 2 atom stereocenters. The molecule has 0 aliphatic heterocycles. The third kappa shape index (κ3) is 4.79. The summed E-state index contributed by atoms with van der Waals surface area (Å²) in [4.78, 5) is 6.40. The van der Waals surface area contributed by atoms with Crippen molar-refractivity contribution in [3.63, 3.8) is 0 Å². The molecule has 1 aromatic carbocycles. The normalized spacial score (nSPS) is 14.2. The summed E-state index contributed by atoms with van der Waals surface area (Å²) in [5.74, 6) is 2.26. The standard InChI is InChI=1S/C25H33NS/c1-16(2)20-9-11-21(12-10-20)18(5)7-8-19(6)22-13-14-24-23(26-22)15-25(27-24)17(3)4/h9-19H,7-8H2,1-6H3. The number of fused-ring (bicyclic) bond motifs is 1. The fourth-order valence-electron chi connectivity index (χ4n) is 3.54. The van der Waals surface area contributed by atoms with E-state index in [4.69, 9.17) is 4.98 Å². The smallest absolute Gasteiger partial charge is 0.0816 e. The van der Waals surface area contributed by atoms with Gasteiger partial charge >= 0.3 is 0 Å². The minimum absolute atomic E-state index is 0.495. The molecule has 0 bridgehead atoms. The molecule has 0 aliphatic rings. The van der Waals surface area contributed by atoms with Crippen LogP contribution in [0.1, 0.15) is 99.8 Å². The predicted octanol–water partition coefficient (Wildman–Crippen LogP) is 8.23. The second-order valence-corrected chi connectivity index (χ2v) is 9.74. The molecule has 2 aromatic heterocycles. The largest absolute Gasteiger partial charge is 0.252 e. The maximum Gasteiger partial charge on any atom is 0.0816 e. The highest BCUT2D eigenvalue weighted by Gasteiger charge is 2.14. The molecule has 144 valence electrons. The zero-order valence-corrected chi connectivity index (χ0v) is 18.4. The Bertz CT molecular complexity index is 873. The van der Waals surface area contributed by atoms with Gasteiger partial charge < -0.3 is 0 Å². The van der Waals surface area contributed by atoms with Gasteiger partial charge in [-0.25, -0.2) is 0 Å². The Morgan fingerprint density at radius 1 is 0.741 bits per heavy atom. The Balaban J connectivity index is 1.64. The molecule has 2 heteroatoms. The van der Waals surface area contributed by atoms with Crippen molar-refractivity contribution in [3.8, 4) is 0 Å². The van der Waals surface area contributed by atoms with E-state index in [2.05, 4.69) is 84.0 Å². The lowest BCUT2D eigenvalue weighted by Gasteiger charge is -2.16. The molecular formula is C25H33NS. The van der Waals surface area contributed by atoms with Crippen molar-refractivity contribution >= 4 is 21.6 Å². The number of nitrogens with zero attached hydrogens (tertiary/aromatic N) is 1. The summed E-state index contributed by atoms with van der Waals surface area (Å²) in [5.41, 5.74) is 5.28. The van der Waals surface area contributed by atoms with Crippen molar-refractivity contribution in [3.05, 3.63) is 64.2 Å². The van der Waals surface area contributed by atoms with Crippen LogP contribution in [0.25, 0.3) is 10.2 Å². The van der Waals surface area contributed by atoms with E-state index in [-0.39, 0.29) is 0 Å². The number of pyridine rings is 1. The molecule has 3 rings (SSSR count). The molecule has 0 saturated heterocycles. The molecule has 2 unspecified atom stereocenters. The molecule has 0 radical (unpaired) electrons. The monoisotopic (exact) mass is 379 g/mol. The van der Waals surface area contributed by atoms with E-state index in [0.29, 0.717) is 23.7 Å². The van der Waals surface area contributed by atoms with Gasteiger partial charge in [0.25, 0.3) is 0 Å². The molecule has 0 fully saturated rings. The van der Waals surface area contributed by atoms with Gasteiger partial charge in [-0.2, -0.15) is 0 Å². The fraction of sp³-hybridized carbons (Fsp3) is 0.480. The number of thiophene rings is 1. The highest BCUT2D eigenvalue weighted by Crippen LogP contribution is 2.32. The van der Waals surface area contributed by atoms with E-state index >= 15 is 0 Å². The van der Waals surface area contributed by atoms with Crippen LogP contribution in [0.5, 0.6) is 0 Å². The molecule has 0 N–H and O–H groups in total. The fourth-order valence-corrected chi connectivity index (χ4v) is 4.55. The van der Waals surface area contributed by atoms with Crippen LogP contribution in [0.2, 0.25) is 0 Å². The zero-order valence-electron chi connectivity index (χ0n) is 17.6. The maximum atomic E-state index is 4.97. The van der Waals surface area contributed by atoms with Gasteiger partial charge in [0.05, 0.1) is 10.2 Å². The minimum Gasteiger partial charge on any atom is -0.252 e. The first-order chi connectivity index (χ1) is 12.8. The van der Waals surface area contributed by atoms with Crippen molar-refractivity contribution in [2.24, 2.45) is 0 Å². The molecule has 0 amide bonds. The summed E-state index contributed by atoms with van der Waals surface area (Å²) in [6.07, 6.45) is 2.37. The molecule has 0 saturated carbocycles. The maximum absolute atomic E-state index is 4.97. The molecular weight excluding hydrogens is 346 g/mol. The molecule has 1 nitrogen and oxygen atoms in total. The Morgan fingerprint density at radius 2 is 1.37 bits per heavy atom. The van der Waals surface area contributed by atoms with Crippen LogP contribution in [0.4, 0.5) is 0 Å². The first kappa shape index (κ1) is 20.1. The van der Waals surface area contributed by atoms with Gasteiger partial charge in [-0.15, -0.1) is 11.3 Å². The van der Waals surface area contributed by atoms with Gasteiger partial charge in [-0.05, 0) is 65.8 Å². The Hall–Kier alpha value is -1.67. The molecule has 27 heavy (non-hydrogen) atoms. The van der Waals surface area contributed by atoms with Crippen LogP contribution in [0.15, 0.2) is 42.5 Å². The van der Waals surface area contributed by atoms with Crippen molar-refractivity contribution in [2.45, 2.75) is 78.1 Å². The minimum atomic E-state index is 0.495. The first-order valence-corrected chi connectivity index (χ1v) is 11.2. The van der Waals surface area contributed by atoms with Crippen molar-refractivity contribution in [1.29, 1.82) is 0 Å². The number of aromatic nitrogens is 1. The van der Waals surface area contributed by atoms with Crippen molar-refractivity contribution in [2.75, 3.05) is 0 Å². The third-order valence-corrected chi connectivity index (χ3v) is 7.08. The summed E-state index contributed by atoms with van der Waals surface area (Å²) in [7, 11) is 0. The zero-order chi connectivity index (χ0) is 19.6. The lowest BCUT2D eigenvalue weighted by molar-refractivity contribution is 0.566. The SMILES string of the molecule is CC(C)c1ccc(C(C)CCC(C)c2ccc3sc(C(C)C)cc3n2)cc1. The van der Waals surface area contributed by atoms with Gasteiger partial charge in [0.15, 0.2) is 0 Å². The van der Waals surface area contributed by atoms with Crippen LogP contribution in [-0.2, 0) is 0 Å². The molecule has 0 spiro atoms. The van der Waals surface area contributed by atoms with E-state index < -0.39 is 0 Å². The molecule has 0 aliphatic carbocycles. The average molecular weight is 380 g/mol. The second kappa shape index (κ2) is 8.56.